The Kier molecular flexibility index (Phi) is 3.15. The van der Waals surface area contributed by atoms with Gasteiger partial charge >= 0.3 is 0 Å². The van der Waals surface area contributed by atoms with Crippen molar-refractivity contribution in [1.82, 2.24) is 0 Å². The van der Waals surface area contributed by atoms with Crippen molar-refractivity contribution < 1.29 is 14.7 Å². The molecular formula is C17H11ClO3. The molecule has 104 valence electrons. The molecule has 2 aromatic carbocycles. The van der Waals surface area contributed by atoms with E-state index >= 15 is 0 Å². The van der Waals surface area contributed by atoms with Crippen molar-refractivity contribution in [3.05, 3.63) is 70.5 Å². The third-order valence-electron chi connectivity index (χ3n) is 3.58. The maximum Gasteiger partial charge on any atom is 0.229 e. The first-order valence-electron chi connectivity index (χ1n) is 6.39. The monoisotopic (exact) mass is 298 g/mol. The van der Waals surface area contributed by atoms with Crippen molar-refractivity contribution in [3.63, 3.8) is 0 Å². The van der Waals surface area contributed by atoms with Crippen LogP contribution in [0.25, 0.3) is 10.8 Å². The fourth-order valence-corrected chi connectivity index (χ4v) is 2.76. The number of carbonyl (C=O) groups is 2. The number of hydrogen-bond donors (Lipinski definition) is 1. The molecule has 0 aromatic heterocycles. The van der Waals surface area contributed by atoms with Crippen molar-refractivity contribution >= 4 is 33.9 Å². The van der Waals surface area contributed by atoms with Crippen LogP contribution >= 0.6 is 11.6 Å². The minimum Gasteiger partial charge on any atom is -0.504 e. The van der Waals surface area contributed by atoms with Crippen LogP contribution in [0.5, 0.6) is 0 Å². The number of allylic oxidation sites excluding steroid dienone is 3. The lowest BCUT2D eigenvalue weighted by atomic mass is 9.84. The van der Waals surface area contributed by atoms with E-state index < -0.39 is 11.5 Å². The predicted molar refractivity (Wildman–Crippen MR) is 82.1 cm³/mol. The SMILES string of the molecule is C=CCC1=C(O)C(=O)c2c(ccc3ccc(Cl)cc23)C1=O. The van der Waals surface area contributed by atoms with Gasteiger partial charge in [-0.15, -0.1) is 6.58 Å². The van der Waals surface area contributed by atoms with E-state index in [1.165, 1.54) is 6.08 Å². The highest BCUT2D eigenvalue weighted by Gasteiger charge is 2.32. The van der Waals surface area contributed by atoms with Gasteiger partial charge in [0.25, 0.3) is 0 Å². The Morgan fingerprint density at radius 2 is 1.86 bits per heavy atom. The van der Waals surface area contributed by atoms with Crippen LogP contribution < -0.4 is 0 Å². The van der Waals surface area contributed by atoms with Gasteiger partial charge in [-0.1, -0.05) is 29.8 Å². The minimum atomic E-state index is -0.547. The highest BCUT2D eigenvalue weighted by molar-refractivity contribution is 6.33. The fourth-order valence-electron chi connectivity index (χ4n) is 2.58. The lowest BCUT2D eigenvalue weighted by molar-refractivity contribution is 0.0929. The molecule has 0 amide bonds. The number of halogens is 1. The first-order valence-corrected chi connectivity index (χ1v) is 6.77. The van der Waals surface area contributed by atoms with Crippen LogP contribution in [0.1, 0.15) is 27.1 Å². The highest BCUT2D eigenvalue weighted by atomic mass is 35.5. The summed E-state index contributed by atoms with van der Waals surface area (Å²) >= 11 is 5.98. The van der Waals surface area contributed by atoms with Crippen molar-refractivity contribution in [2.24, 2.45) is 0 Å². The lowest BCUT2D eigenvalue weighted by Gasteiger charge is -2.18. The molecule has 1 aliphatic carbocycles. The lowest BCUT2D eigenvalue weighted by Crippen LogP contribution is -2.22. The maximum atomic E-state index is 12.4. The zero-order valence-electron chi connectivity index (χ0n) is 11.0. The molecule has 0 saturated heterocycles. The summed E-state index contributed by atoms with van der Waals surface area (Å²) in [4.78, 5) is 24.9. The second-order valence-corrected chi connectivity index (χ2v) is 5.27. The van der Waals surface area contributed by atoms with E-state index in [1.807, 2.05) is 0 Å². The molecule has 0 bridgehead atoms. The molecule has 0 aliphatic heterocycles. The number of benzene rings is 2. The van der Waals surface area contributed by atoms with Gasteiger partial charge in [-0.2, -0.15) is 0 Å². The van der Waals surface area contributed by atoms with Gasteiger partial charge in [0.15, 0.2) is 11.5 Å². The molecular weight excluding hydrogens is 288 g/mol. The van der Waals surface area contributed by atoms with Gasteiger partial charge < -0.3 is 5.11 Å². The number of Topliss-reactive ketones (excluding diaryl/α,β-unsaturated/α-hetero) is 2. The zero-order valence-corrected chi connectivity index (χ0v) is 11.8. The Balaban J connectivity index is 2.35. The summed E-state index contributed by atoms with van der Waals surface area (Å²) in [6, 6.07) is 8.50. The van der Waals surface area contributed by atoms with Crippen LogP contribution in [-0.4, -0.2) is 16.7 Å². The van der Waals surface area contributed by atoms with E-state index in [-0.39, 0.29) is 23.3 Å². The van der Waals surface area contributed by atoms with Gasteiger partial charge in [-0.3, -0.25) is 9.59 Å². The van der Waals surface area contributed by atoms with Crippen molar-refractivity contribution in [2.45, 2.75) is 6.42 Å². The smallest absolute Gasteiger partial charge is 0.229 e. The van der Waals surface area contributed by atoms with E-state index in [4.69, 9.17) is 11.6 Å². The van der Waals surface area contributed by atoms with E-state index in [1.54, 1.807) is 30.3 Å². The number of ketones is 2. The van der Waals surface area contributed by atoms with Crippen LogP contribution in [0.3, 0.4) is 0 Å². The molecule has 0 fully saturated rings. The Labute approximate surface area is 126 Å². The van der Waals surface area contributed by atoms with Crippen molar-refractivity contribution in [3.8, 4) is 0 Å². The van der Waals surface area contributed by atoms with Crippen molar-refractivity contribution in [2.75, 3.05) is 0 Å². The van der Waals surface area contributed by atoms with E-state index in [0.717, 1.165) is 5.39 Å². The second kappa shape index (κ2) is 4.86. The molecule has 0 heterocycles. The van der Waals surface area contributed by atoms with Crippen molar-refractivity contribution in [1.29, 1.82) is 0 Å². The van der Waals surface area contributed by atoms with Gasteiger partial charge in [-0.25, -0.2) is 0 Å². The van der Waals surface area contributed by atoms with Gasteiger partial charge in [0, 0.05) is 21.7 Å². The van der Waals surface area contributed by atoms with Crippen LogP contribution in [0, 0.1) is 0 Å². The summed E-state index contributed by atoms with van der Waals surface area (Å²) in [6.45, 7) is 3.54. The number of fused-ring (bicyclic) bond motifs is 3. The summed E-state index contributed by atoms with van der Waals surface area (Å²) in [5, 5.41) is 11.9. The third-order valence-corrected chi connectivity index (χ3v) is 3.81. The molecule has 4 heteroatoms. The largest absolute Gasteiger partial charge is 0.504 e. The van der Waals surface area contributed by atoms with Gasteiger partial charge in [0.2, 0.25) is 5.78 Å². The molecule has 0 saturated carbocycles. The average molecular weight is 299 g/mol. The summed E-state index contributed by atoms with van der Waals surface area (Å²) in [6.07, 6.45) is 1.64. The number of hydrogen-bond acceptors (Lipinski definition) is 3. The van der Waals surface area contributed by atoms with Crippen LogP contribution in [0.15, 0.2) is 54.3 Å². The molecule has 0 radical (unpaired) electrons. The standard InChI is InChI=1S/C17H11ClO3/c1-2-3-12-15(19)11-7-5-9-4-6-10(18)8-13(9)14(11)17(21)16(12)20/h2,4-8,20H,1,3H2. The maximum absolute atomic E-state index is 12.4. The van der Waals surface area contributed by atoms with Gasteiger partial charge in [0.1, 0.15) is 0 Å². The first kappa shape index (κ1) is 13.6. The third kappa shape index (κ3) is 1.98. The predicted octanol–water partition coefficient (Wildman–Crippen LogP) is 4.26. The summed E-state index contributed by atoms with van der Waals surface area (Å²) in [5.41, 5.74) is 0.596. The molecule has 1 aliphatic rings. The minimum absolute atomic E-state index is 0.0869. The molecule has 0 atom stereocenters. The quantitative estimate of drug-likeness (QED) is 0.843. The zero-order chi connectivity index (χ0) is 15.1. The van der Waals surface area contributed by atoms with Crippen LogP contribution in [-0.2, 0) is 0 Å². The topological polar surface area (TPSA) is 54.4 Å². The molecule has 21 heavy (non-hydrogen) atoms. The Morgan fingerprint density at radius 1 is 1.14 bits per heavy atom. The van der Waals surface area contributed by atoms with E-state index in [0.29, 0.717) is 16.0 Å². The van der Waals surface area contributed by atoms with Gasteiger partial charge in [0.05, 0.1) is 0 Å². The number of aliphatic hydroxyl groups is 1. The first-order chi connectivity index (χ1) is 10.0. The average Bonchev–Trinajstić information content (AvgIpc) is 2.48. The fraction of sp³-hybridized carbons (Fsp3) is 0.0588. The molecule has 0 spiro atoms. The van der Waals surface area contributed by atoms with E-state index in [2.05, 4.69) is 6.58 Å². The molecule has 2 aromatic rings. The normalized spacial score (nSPS) is 14.5. The van der Waals surface area contributed by atoms with Crippen LogP contribution in [0.4, 0.5) is 0 Å². The summed E-state index contributed by atoms with van der Waals surface area (Å²) < 4.78 is 0. The Morgan fingerprint density at radius 3 is 2.57 bits per heavy atom. The number of carbonyl (C=O) groups excluding carboxylic acids is 2. The Hall–Kier alpha value is -2.39. The molecule has 3 nitrogen and oxygen atoms in total. The summed E-state index contributed by atoms with van der Waals surface area (Å²) in [7, 11) is 0. The second-order valence-electron chi connectivity index (χ2n) is 4.83. The molecule has 0 unspecified atom stereocenters. The number of aliphatic hydroxyl groups excluding tert-OH is 1. The molecule has 3 rings (SSSR count). The highest BCUT2D eigenvalue weighted by Crippen LogP contribution is 2.33. The van der Waals surface area contributed by atoms with Crippen LogP contribution in [0.2, 0.25) is 5.02 Å². The number of rotatable bonds is 2. The van der Waals surface area contributed by atoms with E-state index in [9.17, 15) is 14.7 Å². The summed E-state index contributed by atoms with van der Waals surface area (Å²) in [5.74, 6) is -1.39. The van der Waals surface area contributed by atoms with Gasteiger partial charge in [-0.05, 0) is 35.4 Å². The molecule has 1 N–H and O–H groups in total. The Bertz CT molecular complexity index is 846.